The SMILES string of the molecule is CCC(C)NC(=O)c1ccc(NC(=O)c2cccc(OCCc3ccccc3)c2)cc1. The Labute approximate surface area is 183 Å². The summed E-state index contributed by atoms with van der Waals surface area (Å²) in [5.74, 6) is 0.304. The van der Waals surface area contributed by atoms with Crippen molar-refractivity contribution in [2.75, 3.05) is 11.9 Å². The lowest BCUT2D eigenvalue weighted by atomic mass is 10.1. The molecular formula is C26H28N2O3. The molecule has 1 unspecified atom stereocenters. The van der Waals surface area contributed by atoms with Gasteiger partial charge in [0, 0.05) is 29.3 Å². The summed E-state index contributed by atoms with van der Waals surface area (Å²) in [7, 11) is 0. The van der Waals surface area contributed by atoms with E-state index in [-0.39, 0.29) is 17.9 Å². The van der Waals surface area contributed by atoms with Crippen molar-refractivity contribution >= 4 is 17.5 Å². The Balaban J connectivity index is 1.55. The van der Waals surface area contributed by atoms with Crippen molar-refractivity contribution in [3.8, 4) is 5.75 Å². The number of nitrogens with one attached hydrogen (secondary N) is 2. The molecule has 0 aliphatic carbocycles. The number of anilines is 1. The Kier molecular flexibility index (Phi) is 7.82. The van der Waals surface area contributed by atoms with Crippen LogP contribution in [0.15, 0.2) is 78.9 Å². The monoisotopic (exact) mass is 416 g/mol. The molecule has 160 valence electrons. The third kappa shape index (κ3) is 6.71. The molecule has 3 rings (SSSR count). The molecule has 5 heteroatoms. The predicted molar refractivity (Wildman–Crippen MR) is 124 cm³/mol. The smallest absolute Gasteiger partial charge is 0.255 e. The number of ether oxygens (including phenoxy) is 1. The fraction of sp³-hybridized carbons (Fsp3) is 0.231. The highest BCUT2D eigenvalue weighted by molar-refractivity contribution is 6.04. The number of carbonyl (C=O) groups is 2. The second-order valence-corrected chi connectivity index (χ2v) is 7.43. The number of benzene rings is 3. The molecule has 0 spiro atoms. The molecule has 0 aliphatic heterocycles. The molecule has 1 atom stereocenters. The molecule has 2 amide bonds. The van der Waals surface area contributed by atoms with Crippen molar-refractivity contribution in [3.63, 3.8) is 0 Å². The van der Waals surface area contributed by atoms with Crippen LogP contribution in [0.3, 0.4) is 0 Å². The molecule has 0 fully saturated rings. The van der Waals surface area contributed by atoms with Gasteiger partial charge in [-0.05, 0) is 61.4 Å². The van der Waals surface area contributed by atoms with E-state index in [9.17, 15) is 9.59 Å². The van der Waals surface area contributed by atoms with Gasteiger partial charge in [-0.15, -0.1) is 0 Å². The van der Waals surface area contributed by atoms with Crippen molar-refractivity contribution in [2.45, 2.75) is 32.7 Å². The molecule has 3 aromatic rings. The maximum absolute atomic E-state index is 12.6. The van der Waals surface area contributed by atoms with Crippen LogP contribution >= 0.6 is 0 Å². The molecule has 0 saturated carbocycles. The largest absolute Gasteiger partial charge is 0.493 e. The Morgan fingerprint density at radius 1 is 0.871 bits per heavy atom. The first-order valence-corrected chi connectivity index (χ1v) is 10.5. The van der Waals surface area contributed by atoms with Crippen LogP contribution in [0.1, 0.15) is 46.5 Å². The summed E-state index contributed by atoms with van der Waals surface area (Å²) in [6, 6.07) is 24.2. The first-order chi connectivity index (χ1) is 15.0. The van der Waals surface area contributed by atoms with E-state index in [1.54, 1.807) is 42.5 Å². The molecule has 5 nitrogen and oxygen atoms in total. The summed E-state index contributed by atoms with van der Waals surface area (Å²) >= 11 is 0. The van der Waals surface area contributed by atoms with Crippen LogP contribution in [-0.4, -0.2) is 24.5 Å². The lowest BCUT2D eigenvalue weighted by molar-refractivity contribution is 0.0938. The topological polar surface area (TPSA) is 67.4 Å². The van der Waals surface area contributed by atoms with Gasteiger partial charge >= 0.3 is 0 Å². The lowest BCUT2D eigenvalue weighted by Gasteiger charge is -2.12. The third-order valence-corrected chi connectivity index (χ3v) is 4.99. The minimum atomic E-state index is -0.231. The molecule has 0 heterocycles. The summed E-state index contributed by atoms with van der Waals surface area (Å²) in [6.07, 6.45) is 1.67. The number of rotatable bonds is 9. The van der Waals surface area contributed by atoms with Gasteiger partial charge in [0.2, 0.25) is 0 Å². The molecular weight excluding hydrogens is 388 g/mol. The summed E-state index contributed by atoms with van der Waals surface area (Å²) in [4.78, 5) is 24.8. The highest BCUT2D eigenvalue weighted by atomic mass is 16.5. The van der Waals surface area contributed by atoms with E-state index >= 15 is 0 Å². The molecule has 0 aliphatic rings. The first-order valence-electron chi connectivity index (χ1n) is 10.5. The average molecular weight is 417 g/mol. The number of carbonyl (C=O) groups excluding carboxylic acids is 2. The first kappa shape index (κ1) is 22.1. The van der Waals surface area contributed by atoms with Crippen molar-refractivity contribution in [3.05, 3.63) is 95.6 Å². The van der Waals surface area contributed by atoms with Crippen molar-refractivity contribution in [2.24, 2.45) is 0 Å². The van der Waals surface area contributed by atoms with Crippen LogP contribution < -0.4 is 15.4 Å². The maximum Gasteiger partial charge on any atom is 0.255 e. The van der Waals surface area contributed by atoms with Gasteiger partial charge in [-0.3, -0.25) is 9.59 Å². The van der Waals surface area contributed by atoms with Gasteiger partial charge in [0.1, 0.15) is 5.75 Å². The van der Waals surface area contributed by atoms with E-state index < -0.39 is 0 Å². The molecule has 31 heavy (non-hydrogen) atoms. The van der Waals surface area contributed by atoms with E-state index in [0.29, 0.717) is 29.2 Å². The number of hydrogen-bond acceptors (Lipinski definition) is 3. The van der Waals surface area contributed by atoms with Gasteiger partial charge in [0.05, 0.1) is 6.61 Å². The van der Waals surface area contributed by atoms with Crippen molar-refractivity contribution in [1.82, 2.24) is 5.32 Å². The van der Waals surface area contributed by atoms with Crippen LogP contribution in [0, 0.1) is 0 Å². The normalized spacial score (nSPS) is 11.4. The van der Waals surface area contributed by atoms with Crippen LogP contribution in [-0.2, 0) is 6.42 Å². The minimum Gasteiger partial charge on any atom is -0.493 e. The van der Waals surface area contributed by atoms with E-state index in [1.165, 1.54) is 5.56 Å². The zero-order chi connectivity index (χ0) is 22.1. The molecule has 0 radical (unpaired) electrons. The quantitative estimate of drug-likeness (QED) is 0.511. The van der Waals surface area contributed by atoms with E-state index in [1.807, 2.05) is 38.1 Å². The Hall–Kier alpha value is -3.60. The van der Waals surface area contributed by atoms with Crippen molar-refractivity contribution in [1.29, 1.82) is 0 Å². The summed E-state index contributed by atoms with van der Waals surface area (Å²) in [5.41, 5.74) is 2.90. The van der Waals surface area contributed by atoms with Gasteiger partial charge < -0.3 is 15.4 Å². The van der Waals surface area contributed by atoms with Gasteiger partial charge in [-0.1, -0.05) is 43.3 Å². The zero-order valence-electron chi connectivity index (χ0n) is 17.9. The van der Waals surface area contributed by atoms with Gasteiger partial charge in [-0.25, -0.2) is 0 Å². The van der Waals surface area contributed by atoms with E-state index in [2.05, 4.69) is 22.8 Å². The third-order valence-electron chi connectivity index (χ3n) is 4.99. The maximum atomic E-state index is 12.6. The van der Waals surface area contributed by atoms with Crippen molar-refractivity contribution < 1.29 is 14.3 Å². The summed E-state index contributed by atoms with van der Waals surface area (Å²) < 4.78 is 5.81. The number of amides is 2. The van der Waals surface area contributed by atoms with Gasteiger partial charge in [-0.2, -0.15) is 0 Å². The molecule has 0 aromatic heterocycles. The fourth-order valence-electron chi connectivity index (χ4n) is 2.98. The summed E-state index contributed by atoms with van der Waals surface area (Å²) in [6.45, 7) is 4.52. The standard InChI is InChI=1S/C26H28N2O3/c1-3-19(2)27-25(29)21-12-14-23(15-13-21)28-26(30)22-10-7-11-24(18-22)31-17-16-20-8-5-4-6-9-20/h4-15,18-19H,3,16-17H2,1-2H3,(H,27,29)(H,28,30). The summed E-state index contributed by atoms with van der Waals surface area (Å²) in [5, 5.41) is 5.78. The average Bonchev–Trinajstić information content (AvgIpc) is 2.80. The molecule has 2 N–H and O–H groups in total. The highest BCUT2D eigenvalue weighted by Crippen LogP contribution is 2.17. The number of hydrogen-bond donors (Lipinski definition) is 2. The molecule has 0 saturated heterocycles. The van der Waals surface area contributed by atoms with Crippen LogP contribution in [0.2, 0.25) is 0 Å². The Morgan fingerprint density at radius 3 is 2.32 bits per heavy atom. The van der Waals surface area contributed by atoms with Gasteiger partial charge in [0.15, 0.2) is 0 Å². The Morgan fingerprint density at radius 2 is 1.61 bits per heavy atom. The van der Waals surface area contributed by atoms with Gasteiger partial charge in [0.25, 0.3) is 11.8 Å². The fourth-order valence-corrected chi connectivity index (χ4v) is 2.98. The van der Waals surface area contributed by atoms with Crippen LogP contribution in [0.25, 0.3) is 0 Å². The predicted octanol–water partition coefficient (Wildman–Crippen LogP) is 5.09. The Bertz CT molecular complexity index is 1000. The van der Waals surface area contributed by atoms with E-state index in [0.717, 1.165) is 12.8 Å². The second-order valence-electron chi connectivity index (χ2n) is 7.43. The highest BCUT2D eigenvalue weighted by Gasteiger charge is 2.10. The second kappa shape index (κ2) is 11.0. The minimum absolute atomic E-state index is 0.118. The van der Waals surface area contributed by atoms with E-state index in [4.69, 9.17) is 4.74 Å². The zero-order valence-corrected chi connectivity index (χ0v) is 17.9. The van der Waals surface area contributed by atoms with Crippen LogP contribution in [0.4, 0.5) is 5.69 Å². The molecule has 0 bridgehead atoms. The van der Waals surface area contributed by atoms with Crippen LogP contribution in [0.5, 0.6) is 5.75 Å². The molecule has 3 aromatic carbocycles. The lowest BCUT2D eigenvalue weighted by Crippen LogP contribution is -2.31.